The molecule has 1 aromatic carbocycles. The van der Waals surface area contributed by atoms with Crippen molar-refractivity contribution in [3.63, 3.8) is 0 Å². The van der Waals surface area contributed by atoms with E-state index < -0.39 is 43.0 Å². The summed E-state index contributed by atoms with van der Waals surface area (Å²) >= 11 is 0. The van der Waals surface area contributed by atoms with E-state index in [1.54, 1.807) is 0 Å². The molecule has 10 heteroatoms. The van der Waals surface area contributed by atoms with Crippen LogP contribution in [0.1, 0.15) is 5.56 Å². The van der Waals surface area contributed by atoms with Gasteiger partial charge in [-0.2, -0.15) is 0 Å². The second kappa shape index (κ2) is 9.73. The number of aromatic hydroxyl groups is 1. The average molecular weight is 372 g/mol. The number of aliphatic hydroxyl groups is 4. The summed E-state index contributed by atoms with van der Waals surface area (Å²) in [6, 6.07) is 4.32. The molecular weight excluding hydrogens is 352 g/mol. The molecule has 1 rings (SSSR count). The van der Waals surface area contributed by atoms with E-state index in [1.165, 1.54) is 31.4 Å². The summed E-state index contributed by atoms with van der Waals surface area (Å²) in [6.45, 7) is -0.743. The molecule has 0 unspecified atom stereocenters. The number of rotatable bonds is 9. The lowest BCUT2D eigenvalue weighted by molar-refractivity contribution is -0.167. The fourth-order valence-electron chi connectivity index (χ4n) is 1.84. The number of hydrogen-bond acceptors (Lipinski definition) is 9. The van der Waals surface area contributed by atoms with Crippen molar-refractivity contribution in [3.8, 4) is 11.5 Å². The van der Waals surface area contributed by atoms with Gasteiger partial charge in [0.2, 0.25) is 0 Å². The molecule has 0 saturated carbocycles. The Morgan fingerprint density at radius 2 is 1.81 bits per heavy atom. The van der Waals surface area contributed by atoms with Crippen LogP contribution < -0.4 is 4.74 Å². The molecule has 6 N–H and O–H groups in total. The SMILES string of the molecule is COc1cc(/C=C/C(=O)OC[C@@H](O)[C@@H](O)[C@H](O)[C@@H](O)C(=O)O)ccc1O. The lowest BCUT2D eigenvalue weighted by Gasteiger charge is -2.24. The molecule has 0 aliphatic rings. The number of ether oxygens (including phenoxy) is 2. The predicted octanol–water partition coefficient (Wildman–Crippen LogP) is -1.51. The lowest BCUT2D eigenvalue weighted by atomic mass is 10.0. The van der Waals surface area contributed by atoms with Crippen molar-refractivity contribution < 1.29 is 49.7 Å². The molecule has 0 aromatic heterocycles. The standard InChI is InChI=1S/C16H20O10/c1-25-11-6-8(2-4-9(11)17)3-5-12(19)26-7-10(18)13(20)14(21)15(22)16(23)24/h2-6,10,13-15,17-18,20-22H,7H2,1H3,(H,23,24)/b5-3+/t10-,13-,14+,15-/m1/s1. The van der Waals surface area contributed by atoms with Gasteiger partial charge < -0.3 is 40.1 Å². The summed E-state index contributed by atoms with van der Waals surface area (Å²) in [5.74, 6) is -2.55. The molecule has 144 valence electrons. The molecule has 1 aromatic rings. The molecule has 0 spiro atoms. The summed E-state index contributed by atoms with van der Waals surface area (Å²) in [7, 11) is 1.36. The molecule has 0 amide bonds. The molecular formula is C16H20O10. The Hall–Kier alpha value is -2.66. The van der Waals surface area contributed by atoms with Gasteiger partial charge in [0.1, 0.15) is 24.9 Å². The highest BCUT2D eigenvalue weighted by molar-refractivity contribution is 5.87. The maximum absolute atomic E-state index is 11.6. The van der Waals surface area contributed by atoms with Gasteiger partial charge in [0.05, 0.1) is 7.11 Å². The molecule has 0 aliphatic carbocycles. The third-order valence-corrected chi connectivity index (χ3v) is 3.33. The topological polar surface area (TPSA) is 174 Å². The van der Waals surface area contributed by atoms with Crippen LogP contribution in [0.25, 0.3) is 6.08 Å². The monoisotopic (exact) mass is 372 g/mol. The number of benzene rings is 1. The van der Waals surface area contributed by atoms with Gasteiger partial charge in [-0.1, -0.05) is 6.07 Å². The van der Waals surface area contributed by atoms with E-state index in [1.807, 2.05) is 0 Å². The van der Waals surface area contributed by atoms with E-state index in [9.17, 15) is 30.0 Å². The second-order valence-electron chi connectivity index (χ2n) is 5.23. The van der Waals surface area contributed by atoms with Crippen LogP contribution in [0.3, 0.4) is 0 Å². The number of esters is 1. The number of carbonyl (C=O) groups excluding carboxylic acids is 1. The zero-order chi connectivity index (χ0) is 19.9. The molecule has 0 aliphatic heterocycles. The van der Waals surface area contributed by atoms with Crippen LogP contribution in [0, 0.1) is 0 Å². The molecule has 0 heterocycles. The Bertz CT molecular complexity index is 656. The van der Waals surface area contributed by atoms with Crippen LogP contribution in [0.15, 0.2) is 24.3 Å². The third kappa shape index (κ3) is 6.01. The van der Waals surface area contributed by atoms with Crippen molar-refractivity contribution in [2.24, 2.45) is 0 Å². The van der Waals surface area contributed by atoms with Crippen LogP contribution in [-0.2, 0) is 14.3 Å². The highest BCUT2D eigenvalue weighted by Crippen LogP contribution is 2.26. The molecule has 4 atom stereocenters. The average Bonchev–Trinajstić information content (AvgIpc) is 2.63. The molecule has 0 fully saturated rings. The highest BCUT2D eigenvalue weighted by atomic mass is 16.5. The summed E-state index contributed by atoms with van der Waals surface area (Å²) in [5, 5.41) is 55.6. The summed E-state index contributed by atoms with van der Waals surface area (Å²) in [6.07, 6.45) is -5.98. The van der Waals surface area contributed by atoms with Gasteiger partial charge in [-0.05, 0) is 23.8 Å². The van der Waals surface area contributed by atoms with E-state index in [-0.39, 0.29) is 11.5 Å². The van der Waals surface area contributed by atoms with Crippen LogP contribution in [0.4, 0.5) is 0 Å². The van der Waals surface area contributed by atoms with E-state index in [0.29, 0.717) is 5.56 Å². The van der Waals surface area contributed by atoms with Crippen LogP contribution >= 0.6 is 0 Å². The summed E-state index contributed by atoms with van der Waals surface area (Å²) in [5.41, 5.74) is 0.511. The third-order valence-electron chi connectivity index (χ3n) is 3.33. The molecule has 26 heavy (non-hydrogen) atoms. The number of aliphatic hydroxyl groups excluding tert-OH is 4. The maximum atomic E-state index is 11.6. The molecule has 0 saturated heterocycles. The Morgan fingerprint density at radius 1 is 1.15 bits per heavy atom. The van der Waals surface area contributed by atoms with E-state index in [4.69, 9.17) is 14.9 Å². The number of phenols is 1. The predicted molar refractivity (Wildman–Crippen MR) is 86.3 cm³/mol. The smallest absolute Gasteiger partial charge is 0.335 e. The van der Waals surface area contributed by atoms with Crippen molar-refractivity contribution in [2.45, 2.75) is 24.4 Å². The first-order valence-electron chi connectivity index (χ1n) is 7.34. The summed E-state index contributed by atoms with van der Waals surface area (Å²) in [4.78, 5) is 22.1. The number of aliphatic carboxylic acids is 1. The van der Waals surface area contributed by atoms with Gasteiger partial charge in [0, 0.05) is 6.08 Å². The number of carbonyl (C=O) groups is 2. The Morgan fingerprint density at radius 3 is 2.38 bits per heavy atom. The van der Waals surface area contributed by atoms with E-state index in [2.05, 4.69) is 4.74 Å². The van der Waals surface area contributed by atoms with Crippen molar-refractivity contribution in [3.05, 3.63) is 29.8 Å². The number of carboxylic acids is 1. The number of methoxy groups -OCH3 is 1. The van der Waals surface area contributed by atoms with Crippen LogP contribution in [0.2, 0.25) is 0 Å². The fraction of sp³-hybridized carbons (Fsp3) is 0.375. The van der Waals surface area contributed by atoms with Gasteiger partial charge in [0.25, 0.3) is 0 Å². The normalized spacial score (nSPS) is 15.9. The fourth-order valence-corrected chi connectivity index (χ4v) is 1.84. The van der Waals surface area contributed by atoms with Crippen LogP contribution in [0.5, 0.6) is 11.5 Å². The first-order chi connectivity index (χ1) is 12.2. The van der Waals surface area contributed by atoms with Gasteiger partial charge in [-0.25, -0.2) is 9.59 Å². The minimum Gasteiger partial charge on any atom is -0.504 e. The molecule has 0 radical (unpaired) electrons. The highest BCUT2D eigenvalue weighted by Gasteiger charge is 2.34. The van der Waals surface area contributed by atoms with Gasteiger partial charge in [0.15, 0.2) is 17.6 Å². The Labute approximate surface area is 148 Å². The van der Waals surface area contributed by atoms with Crippen molar-refractivity contribution in [1.82, 2.24) is 0 Å². The Kier molecular flexibility index (Phi) is 8.00. The summed E-state index contributed by atoms with van der Waals surface area (Å²) < 4.78 is 9.57. The minimum atomic E-state index is -2.31. The van der Waals surface area contributed by atoms with Gasteiger partial charge in [-0.3, -0.25) is 0 Å². The van der Waals surface area contributed by atoms with Crippen molar-refractivity contribution in [1.29, 1.82) is 0 Å². The second-order valence-corrected chi connectivity index (χ2v) is 5.23. The lowest BCUT2D eigenvalue weighted by Crippen LogP contribution is -2.49. The Balaban J connectivity index is 2.56. The zero-order valence-electron chi connectivity index (χ0n) is 13.7. The first kappa shape index (κ1) is 21.4. The molecule has 10 nitrogen and oxygen atoms in total. The molecule has 0 bridgehead atoms. The number of hydrogen-bond donors (Lipinski definition) is 6. The quantitative estimate of drug-likeness (QED) is 0.221. The van der Waals surface area contributed by atoms with Gasteiger partial charge >= 0.3 is 11.9 Å². The number of phenolic OH excluding ortho intramolecular Hbond substituents is 1. The van der Waals surface area contributed by atoms with Gasteiger partial charge in [-0.15, -0.1) is 0 Å². The first-order valence-corrected chi connectivity index (χ1v) is 7.34. The van der Waals surface area contributed by atoms with E-state index >= 15 is 0 Å². The maximum Gasteiger partial charge on any atom is 0.335 e. The number of carboxylic acid groups (broad SMARTS) is 1. The minimum absolute atomic E-state index is 0.0774. The van der Waals surface area contributed by atoms with E-state index in [0.717, 1.165) is 6.08 Å². The van der Waals surface area contributed by atoms with Crippen LogP contribution in [-0.4, -0.2) is 80.7 Å². The van der Waals surface area contributed by atoms with Crippen molar-refractivity contribution >= 4 is 18.0 Å². The zero-order valence-corrected chi connectivity index (χ0v) is 13.7. The largest absolute Gasteiger partial charge is 0.504 e. The van der Waals surface area contributed by atoms with Crippen molar-refractivity contribution in [2.75, 3.05) is 13.7 Å².